The summed E-state index contributed by atoms with van der Waals surface area (Å²) in [6.07, 6.45) is -7.82. The molecular formula is C51H34F6N2. The van der Waals surface area contributed by atoms with Crippen LogP contribution in [0.5, 0.6) is 0 Å². The molecule has 0 saturated heterocycles. The number of alkyl halides is 6. The van der Waals surface area contributed by atoms with Crippen LogP contribution in [0, 0.1) is 0 Å². The summed E-state index contributed by atoms with van der Waals surface area (Å²) in [6.45, 7) is 1.12. The molecule has 59 heavy (non-hydrogen) atoms. The van der Waals surface area contributed by atoms with Crippen LogP contribution in [-0.4, -0.2) is 13.1 Å². The summed E-state index contributed by atoms with van der Waals surface area (Å²) in [6, 6.07) is 50.5. The van der Waals surface area contributed by atoms with E-state index in [9.17, 15) is 26.3 Å². The maximum Gasteiger partial charge on any atom is 0.416 e. The van der Waals surface area contributed by atoms with Crippen LogP contribution >= 0.6 is 0 Å². The maximum absolute atomic E-state index is 13.7. The maximum atomic E-state index is 13.7. The van der Waals surface area contributed by atoms with E-state index in [1.165, 1.54) is 24.3 Å². The first-order valence-corrected chi connectivity index (χ1v) is 19.7. The molecule has 2 nitrogen and oxygen atoms in total. The van der Waals surface area contributed by atoms with Gasteiger partial charge in [-0.1, -0.05) is 97.1 Å². The van der Waals surface area contributed by atoms with Crippen LogP contribution in [0.15, 0.2) is 158 Å². The van der Waals surface area contributed by atoms with Crippen molar-refractivity contribution in [1.29, 1.82) is 0 Å². The van der Waals surface area contributed by atoms with Gasteiger partial charge in [-0.15, -0.1) is 0 Å². The number of hydrogen-bond donors (Lipinski definition) is 0. The number of halogens is 6. The van der Waals surface area contributed by atoms with Crippen molar-refractivity contribution < 1.29 is 26.3 Å². The molecule has 8 heteroatoms. The van der Waals surface area contributed by atoms with Crippen LogP contribution in [0.4, 0.5) is 49.1 Å². The second kappa shape index (κ2) is 12.7. The van der Waals surface area contributed by atoms with E-state index >= 15 is 0 Å². The minimum absolute atomic E-state index is 0.502. The molecule has 0 aromatic heterocycles. The van der Waals surface area contributed by atoms with Gasteiger partial charge in [0.25, 0.3) is 0 Å². The van der Waals surface area contributed by atoms with Gasteiger partial charge in [-0.2, -0.15) is 26.3 Å². The van der Waals surface area contributed by atoms with Crippen LogP contribution in [0.3, 0.4) is 0 Å². The van der Waals surface area contributed by atoms with Crippen molar-refractivity contribution in [2.45, 2.75) is 30.6 Å². The molecule has 1 aliphatic carbocycles. The molecule has 0 fully saturated rings. The predicted molar refractivity (Wildman–Crippen MR) is 223 cm³/mol. The first-order valence-electron chi connectivity index (χ1n) is 19.7. The van der Waals surface area contributed by atoms with Gasteiger partial charge >= 0.3 is 12.4 Å². The van der Waals surface area contributed by atoms with Crippen LogP contribution in [0.25, 0.3) is 32.7 Å². The van der Waals surface area contributed by atoms with E-state index in [1.54, 1.807) is 12.1 Å². The van der Waals surface area contributed by atoms with Gasteiger partial charge in [-0.3, -0.25) is 0 Å². The van der Waals surface area contributed by atoms with E-state index in [1.807, 2.05) is 18.2 Å². The summed E-state index contributed by atoms with van der Waals surface area (Å²) in [5.41, 5.74) is 9.23. The third-order valence-electron chi connectivity index (χ3n) is 12.7. The lowest BCUT2D eigenvalue weighted by molar-refractivity contribution is -0.138. The Hall–Kier alpha value is -6.54. The van der Waals surface area contributed by atoms with Crippen LogP contribution in [-0.2, 0) is 30.6 Å². The number of nitrogens with zero attached hydrogens (tertiary/aromatic N) is 2. The number of benzene rings is 8. The number of rotatable bonds is 4. The molecule has 0 radical (unpaired) electrons. The molecule has 8 aromatic carbocycles. The molecule has 0 saturated carbocycles. The Balaban J connectivity index is 1.17. The topological polar surface area (TPSA) is 6.48 Å². The highest BCUT2D eigenvalue weighted by atomic mass is 19.4. The molecule has 8 aromatic rings. The molecule has 0 spiro atoms. The fraction of sp³-hybridized carbons (Fsp3) is 0.137. The van der Waals surface area contributed by atoms with Gasteiger partial charge < -0.3 is 9.80 Å². The van der Waals surface area contributed by atoms with Crippen molar-refractivity contribution in [1.82, 2.24) is 0 Å². The largest absolute Gasteiger partial charge is 0.416 e. The van der Waals surface area contributed by atoms with Crippen LogP contribution < -0.4 is 9.80 Å². The number of hydrogen-bond acceptors (Lipinski definition) is 2. The summed E-state index contributed by atoms with van der Waals surface area (Å²) < 4.78 is 82.3. The van der Waals surface area contributed by atoms with Crippen molar-refractivity contribution in [3.8, 4) is 11.1 Å². The molecule has 3 aliphatic rings. The van der Waals surface area contributed by atoms with E-state index in [0.717, 1.165) is 77.7 Å². The molecule has 0 N–H and O–H groups in total. The predicted octanol–water partition coefficient (Wildman–Crippen LogP) is 13.8. The smallest absolute Gasteiger partial charge is 0.341 e. The molecular weight excluding hydrogens is 755 g/mol. The van der Waals surface area contributed by atoms with Crippen LogP contribution in [0.2, 0.25) is 0 Å². The van der Waals surface area contributed by atoms with Gasteiger partial charge in [0.15, 0.2) is 0 Å². The van der Waals surface area contributed by atoms with Crippen LogP contribution in [0.1, 0.15) is 44.5 Å². The lowest BCUT2D eigenvalue weighted by atomic mass is 9.66. The van der Waals surface area contributed by atoms with Gasteiger partial charge in [-0.25, -0.2) is 0 Å². The first kappa shape index (κ1) is 35.6. The second-order valence-corrected chi connectivity index (χ2v) is 15.7. The standard InChI is InChI=1S/C51H34F6N2/c52-50(53,54)35-15-21-45-31(27-35)23-25-58(45)37-17-19-41-43(29-37)39-13-7-8-14-40(39)47-42-20-18-38(59-26-24-32-28-36(51(55,56)57)16-22-46(32)59)30-44(42)49(48(41)47,33-9-3-1-4-10-33)34-11-5-2-6-12-34/h1-22,27-30H,23-26H2. The van der Waals surface area contributed by atoms with E-state index in [-0.39, 0.29) is 0 Å². The molecule has 0 bridgehead atoms. The Morgan fingerprint density at radius 3 is 1.51 bits per heavy atom. The summed E-state index contributed by atoms with van der Waals surface area (Å²) in [5, 5.41) is 4.25. The Bertz CT molecular complexity index is 2950. The van der Waals surface area contributed by atoms with Gasteiger partial charge in [0.2, 0.25) is 0 Å². The SMILES string of the molecule is FC(F)(F)c1ccc2c(c1)CCN2c1ccc2c(c1)C(c1ccccc1)(c1ccccc1)c1c-2c2ccccc2c2cc(N3CCc4cc(C(F)(F)F)ccc43)ccc12. The van der Waals surface area contributed by atoms with E-state index in [2.05, 4.69) is 113 Å². The van der Waals surface area contributed by atoms with Crippen molar-refractivity contribution in [3.63, 3.8) is 0 Å². The molecule has 0 atom stereocenters. The lowest BCUT2D eigenvalue weighted by Crippen LogP contribution is -2.29. The lowest BCUT2D eigenvalue weighted by Gasteiger charge is -2.35. The fourth-order valence-electron chi connectivity index (χ4n) is 10.2. The van der Waals surface area contributed by atoms with E-state index < -0.39 is 28.9 Å². The zero-order valence-electron chi connectivity index (χ0n) is 31.5. The quantitative estimate of drug-likeness (QED) is 0.129. The van der Waals surface area contributed by atoms with Gasteiger partial charge in [0.05, 0.1) is 16.5 Å². The third kappa shape index (κ3) is 5.28. The number of fused-ring (bicyclic) bond motifs is 10. The van der Waals surface area contributed by atoms with Gasteiger partial charge in [0, 0.05) is 35.8 Å². The summed E-state index contributed by atoms with van der Waals surface area (Å²) in [5.74, 6) is 0. The molecule has 290 valence electrons. The monoisotopic (exact) mass is 788 g/mol. The highest BCUT2D eigenvalue weighted by Crippen LogP contribution is 2.61. The summed E-state index contributed by atoms with van der Waals surface area (Å²) >= 11 is 0. The minimum Gasteiger partial charge on any atom is -0.341 e. The van der Waals surface area contributed by atoms with E-state index in [4.69, 9.17) is 0 Å². The molecule has 11 rings (SSSR count). The average Bonchev–Trinajstić information content (AvgIpc) is 3.96. The summed E-state index contributed by atoms with van der Waals surface area (Å²) in [4.78, 5) is 4.25. The van der Waals surface area contributed by atoms with Gasteiger partial charge in [-0.05, 0) is 140 Å². The van der Waals surface area contributed by atoms with Crippen molar-refractivity contribution >= 4 is 44.3 Å². The number of anilines is 4. The zero-order chi connectivity index (χ0) is 40.3. The van der Waals surface area contributed by atoms with Gasteiger partial charge in [0.1, 0.15) is 0 Å². The molecule has 2 heterocycles. The normalized spacial score (nSPS) is 15.4. The first-order chi connectivity index (χ1) is 28.5. The molecule has 2 aliphatic heterocycles. The average molecular weight is 789 g/mol. The fourth-order valence-corrected chi connectivity index (χ4v) is 10.2. The van der Waals surface area contributed by atoms with E-state index in [0.29, 0.717) is 37.1 Å². The minimum atomic E-state index is -4.42. The highest BCUT2D eigenvalue weighted by molar-refractivity contribution is 6.20. The third-order valence-corrected chi connectivity index (χ3v) is 12.7. The van der Waals surface area contributed by atoms with Crippen molar-refractivity contribution in [2.24, 2.45) is 0 Å². The Morgan fingerprint density at radius 1 is 0.441 bits per heavy atom. The van der Waals surface area contributed by atoms with Crippen molar-refractivity contribution in [2.75, 3.05) is 22.9 Å². The summed E-state index contributed by atoms with van der Waals surface area (Å²) in [7, 11) is 0. The Kier molecular flexibility index (Phi) is 7.68. The molecule has 0 amide bonds. The highest BCUT2D eigenvalue weighted by Gasteiger charge is 2.48. The Morgan fingerprint density at radius 2 is 0.949 bits per heavy atom. The second-order valence-electron chi connectivity index (χ2n) is 15.7. The molecule has 0 unspecified atom stereocenters. The van der Waals surface area contributed by atoms with Crippen molar-refractivity contribution in [3.05, 3.63) is 202 Å². The zero-order valence-corrected chi connectivity index (χ0v) is 31.5. The Labute approximate surface area is 336 Å².